The molecule has 0 radical (unpaired) electrons. The zero-order valence-electron chi connectivity index (χ0n) is 10.7. The molecular formula is C14H16N4O. The number of nitrogens with zero attached hydrogens (tertiary/aromatic N) is 3. The number of aromatic nitrogens is 3. The van der Waals surface area contributed by atoms with Gasteiger partial charge in [0.25, 0.3) is 0 Å². The molecule has 5 nitrogen and oxygen atoms in total. The Hall–Kier alpha value is -2.17. The van der Waals surface area contributed by atoms with Crippen LogP contribution in [0.25, 0.3) is 11.2 Å². The first-order valence-corrected chi connectivity index (χ1v) is 6.46. The number of aromatic amines is 1. The van der Waals surface area contributed by atoms with Crippen LogP contribution in [0.2, 0.25) is 0 Å². The second kappa shape index (κ2) is 4.84. The molecule has 5 heteroatoms. The lowest BCUT2D eigenvalue weighted by molar-refractivity contribution is -0.125. The van der Waals surface area contributed by atoms with Crippen LogP contribution in [0.5, 0.6) is 0 Å². The summed E-state index contributed by atoms with van der Waals surface area (Å²) < 4.78 is 0. The third-order valence-corrected chi connectivity index (χ3v) is 3.58. The molecule has 2 aromatic heterocycles. The Morgan fingerprint density at radius 2 is 2.53 bits per heavy atom. The van der Waals surface area contributed by atoms with Gasteiger partial charge >= 0.3 is 0 Å². The van der Waals surface area contributed by atoms with E-state index in [0.29, 0.717) is 5.92 Å². The van der Waals surface area contributed by atoms with E-state index in [1.54, 1.807) is 0 Å². The normalized spacial score (nSPS) is 18.9. The summed E-state index contributed by atoms with van der Waals surface area (Å²) in [4.78, 5) is 25.3. The van der Waals surface area contributed by atoms with Crippen molar-refractivity contribution in [3.8, 4) is 0 Å². The second-order valence-electron chi connectivity index (χ2n) is 4.92. The zero-order valence-corrected chi connectivity index (χ0v) is 10.7. The predicted molar refractivity (Wildman–Crippen MR) is 72.5 cm³/mol. The van der Waals surface area contributed by atoms with Crippen LogP contribution >= 0.6 is 0 Å². The van der Waals surface area contributed by atoms with Crippen LogP contribution in [0.4, 0.5) is 0 Å². The van der Waals surface area contributed by atoms with Crippen LogP contribution < -0.4 is 0 Å². The summed E-state index contributed by atoms with van der Waals surface area (Å²) >= 11 is 0. The standard InChI is InChI=1S/C14H16N4O/c1-2-13(19)18-6-4-10(9-18)7-11-8-16-14-12(17-11)3-5-15-14/h2-3,5,8,10H,1,4,6-7,9H2,(H,15,16)/t10-/m1/s1. The van der Waals surface area contributed by atoms with Gasteiger partial charge < -0.3 is 9.88 Å². The van der Waals surface area contributed by atoms with Crippen LogP contribution in [0.15, 0.2) is 31.1 Å². The highest BCUT2D eigenvalue weighted by molar-refractivity contribution is 5.87. The van der Waals surface area contributed by atoms with Gasteiger partial charge in [0.1, 0.15) is 5.52 Å². The molecule has 0 aromatic carbocycles. The third-order valence-electron chi connectivity index (χ3n) is 3.58. The van der Waals surface area contributed by atoms with Crippen molar-refractivity contribution in [3.63, 3.8) is 0 Å². The summed E-state index contributed by atoms with van der Waals surface area (Å²) in [5, 5.41) is 0. The Balaban J connectivity index is 1.68. The first-order chi connectivity index (χ1) is 9.26. The van der Waals surface area contributed by atoms with Crippen molar-refractivity contribution in [2.75, 3.05) is 13.1 Å². The van der Waals surface area contributed by atoms with Crippen LogP contribution in [0, 0.1) is 5.92 Å². The van der Waals surface area contributed by atoms with E-state index in [4.69, 9.17) is 0 Å². The average Bonchev–Trinajstić information content (AvgIpc) is 3.06. The maximum absolute atomic E-state index is 11.5. The molecule has 1 amide bonds. The van der Waals surface area contributed by atoms with E-state index in [-0.39, 0.29) is 5.91 Å². The lowest BCUT2D eigenvalue weighted by Gasteiger charge is -2.13. The van der Waals surface area contributed by atoms with Gasteiger partial charge in [0.2, 0.25) is 5.91 Å². The van der Waals surface area contributed by atoms with E-state index in [9.17, 15) is 4.79 Å². The van der Waals surface area contributed by atoms with Crippen molar-refractivity contribution in [2.24, 2.45) is 5.92 Å². The van der Waals surface area contributed by atoms with Gasteiger partial charge in [-0.2, -0.15) is 0 Å². The molecule has 0 spiro atoms. The fraction of sp³-hybridized carbons (Fsp3) is 0.357. The Morgan fingerprint density at radius 3 is 3.37 bits per heavy atom. The van der Waals surface area contributed by atoms with Gasteiger partial charge in [0.15, 0.2) is 5.65 Å². The number of carbonyl (C=O) groups is 1. The second-order valence-corrected chi connectivity index (χ2v) is 4.92. The van der Waals surface area contributed by atoms with E-state index in [1.165, 1.54) is 6.08 Å². The van der Waals surface area contributed by atoms with E-state index in [0.717, 1.165) is 42.8 Å². The summed E-state index contributed by atoms with van der Waals surface area (Å²) in [6.45, 7) is 5.13. The SMILES string of the molecule is C=CC(=O)N1CC[C@H](Cc2cnc3[nH]ccc3n2)C1. The average molecular weight is 256 g/mol. The molecule has 98 valence electrons. The molecule has 1 aliphatic heterocycles. The van der Waals surface area contributed by atoms with Gasteiger partial charge in [-0.05, 0) is 30.9 Å². The summed E-state index contributed by atoms with van der Waals surface area (Å²) in [5.41, 5.74) is 2.71. The quantitative estimate of drug-likeness (QED) is 0.847. The highest BCUT2D eigenvalue weighted by Gasteiger charge is 2.25. The maximum Gasteiger partial charge on any atom is 0.245 e. The zero-order chi connectivity index (χ0) is 13.2. The summed E-state index contributed by atoms with van der Waals surface area (Å²) in [6.07, 6.45) is 6.93. The smallest absolute Gasteiger partial charge is 0.245 e. The van der Waals surface area contributed by atoms with Gasteiger partial charge in [-0.3, -0.25) is 4.79 Å². The number of likely N-dealkylation sites (tertiary alicyclic amines) is 1. The number of nitrogens with one attached hydrogen (secondary N) is 1. The Kier molecular flexibility index (Phi) is 3.03. The molecule has 1 aliphatic rings. The van der Waals surface area contributed by atoms with Crippen molar-refractivity contribution >= 4 is 17.1 Å². The number of H-pyrrole nitrogens is 1. The molecule has 1 fully saturated rings. The molecule has 3 heterocycles. The van der Waals surface area contributed by atoms with Crippen molar-refractivity contribution in [3.05, 3.63) is 36.8 Å². The first-order valence-electron chi connectivity index (χ1n) is 6.46. The molecular weight excluding hydrogens is 240 g/mol. The van der Waals surface area contributed by atoms with E-state index < -0.39 is 0 Å². The molecule has 0 aliphatic carbocycles. The number of hydrogen-bond donors (Lipinski definition) is 1. The largest absolute Gasteiger partial charge is 0.345 e. The Morgan fingerprint density at radius 1 is 1.63 bits per heavy atom. The number of hydrogen-bond acceptors (Lipinski definition) is 3. The first kappa shape index (κ1) is 11.9. The molecule has 19 heavy (non-hydrogen) atoms. The molecule has 1 N–H and O–H groups in total. The van der Waals surface area contributed by atoms with Gasteiger partial charge in [-0.1, -0.05) is 6.58 Å². The van der Waals surface area contributed by atoms with Crippen LogP contribution in [0.1, 0.15) is 12.1 Å². The topological polar surface area (TPSA) is 61.9 Å². The molecule has 0 saturated carbocycles. The minimum absolute atomic E-state index is 0.0228. The summed E-state index contributed by atoms with van der Waals surface area (Å²) in [5.74, 6) is 0.490. The maximum atomic E-state index is 11.5. The van der Waals surface area contributed by atoms with E-state index in [1.807, 2.05) is 23.4 Å². The molecule has 0 unspecified atom stereocenters. The molecule has 1 atom stereocenters. The van der Waals surface area contributed by atoms with E-state index in [2.05, 4.69) is 21.5 Å². The highest BCUT2D eigenvalue weighted by atomic mass is 16.2. The van der Waals surface area contributed by atoms with Gasteiger partial charge in [-0.25, -0.2) is 9.97 Å². The summed E-state index contributed by atoms with van der Waals surface area (Å²) in [7, 11) is 0. The fourth-order valence-electron chi connectivity index (χ4n) is 2.59. The number of carbonyl (C=O) groups excluding carboxylic acids is 1. The Labute approximate surface area is 111 Å². The van der Waals surface area contributed by atoms with Crippen molar-refractivity contribution < 1.29 is 4.79 Å². The predicted octanol–water partition coefficient (Wildman–Crippen LogP) is 1.53. The van der Waals surface area contributed by atoms with E-state index >= 15 is 0 Å². The fourth-order valence-corrected chi connectivity index (χ4v) is 2.59. The van der Waals surface area contributed by atoms with Gasteiger partial charge in [0, 0.05) is 19.3 Å². The number of rotatable bonds is 3. The van der Waals surface area contributed by atoms with Crippen LogP contribution in [0.3, 0.4) is 0 Å². The van der Waals surface area contributed by atoms with Gasteiger partial charge in [0.05, 0.1) is 11.9 Å². The lowest BCUT2D eigenvalue weighted by Crippen LogP contribution is -2.26. The monoisotopic (exact) mass is 256 g/mol. The Bertz CT molecular complexity index is 619. The van der Waals surface area contributed by atoms with Crippen LogP contribution in [-0.4, -0.2) is 38.8 Å². The summed E-state index contributed by atoms with van der Waals surface area (Å²) in [6, 6.07) is 1.92. The van der Waals surface area contributed by atoms with Crippen molar-refractivity contribution in [2.45, 2.75) is 12.8 Å². The molecule has 3 rings (SSSR count). The minimum Gasteiger partial charge on any atom is -0.345 e. The third kappa shape index (κ3) is 2.36. The number of fused-ring (bicyclic) bond motifs is 1. The number of amides is 1. The van der Waals surface area contributed by atoms with Gasteiger partial charge in [-0.15, -0.1) is 0 Å². The molecule has 1 saturated heterocycles. The highest BCUT2D eigenvalue weighted by Crippen LogP contribution is 2.20. The minimum atomic E-state index is 0.0228. The van der Waals surface area contributed by atoms with Crippen molar-refractivity contribution in [1.29, 1.82) is 0 Å². The van der Waals surface area contributed by atoms with Crippen molar-refractivity contribution in [1.82, 2.24) is 19.9 Å². The van der Waals surface area contributed by atoms with Crippen LogP contribution in [-0.2, 0) is 11.2 Å². The molecule has 2 aromatic rings. The lowest BCUT2D eigenvalue weighted by atomic mass is 10.0. The molecule has 0 bridgehead atoms.